The summed E-state index contributed by atoms with van der Waals surface area (Å²) in [6.07, 6.45) is 0. The summed E-state index contributed by atoms with van der Waals surface area (Å²) in [4.78, 5) is 25.3. The lowest BCUT2D eigenvalue weighted by molar-refractivity contribution is 0.102. The number of rotatable bonds is 6. The number of ether oxygens (including phenoxy) is 2. The number of aryl methyl sites for hydroxylation is 1. The van der Waals surface area contributed by atoms with Crippen LogP contribution in [0, 0.1) is 6.92 Å². The van der Waals surface area contributed by atoms with Crippen LogP contribution < -0.4 is 20.1 Å². The molecular formula is C21H20N2O4S. The molecular weight excluding hydrogens is 376 g/mol. The number of nitrogens with one attached hydrogen (secondary N) is 2. The quantitative estimate of drug-likeness (QED) is 0.639. The van der Waals surface area contributed by atoms with Crippen LogP contribution in [0.2, 0.25) is 0 Å². The number of benzene rings is 2. The highest BCUT2D eigenvalue weighted by Gasteiger charge is 2.13. The molecule has 3 aromatic rings. The number of carbonyl (C=O) groups is 2. The molecule has 6 nitrogen and oxygen atoms in total. The van der Waals surface area contributed by atoms with Crippen LogP contribution in [0.15, 0.2) is 53.9 Å². The molecule has 0 aliphatic rings. The Morgan fingerprint density at radius 3 is 2.18 bits per heavy atom. The number of carbonyl (C=O) groups excluding carboxylic acids is 2. The molecule has 0 bridgehead atoms. The number of amides is 2. The van der Waals surface area contributed by atoms with E-state index in [4.69, 9.17) is 9.47 Å². The van der Waals surface area contributed by atoms with E-state index in [9.17, 15) is 9.59 Å². The summed E-state index contributed by atoms with van der Waals surface area (Å²) in [6.45, 7) is 1.88. The fourth-order valence-electron chi connectivity index (χ4n) is 2.62. The lowest BCUT2D eigenvalue weighted by Crippen LogP contribution is -2.14. The third-order valence-electron chi connectivity index (χ3n) is 4.13. The molecule has 0 saturated heterocycles. The third-order valence-corrected chi connectivity index (χ3v) is 5.00. The lowest BCUT2D eigenvalue weighted by Gasteiger charge is -2.14. The first-order chi connectivity index (χ1) is 13.5. The van der Waals surface area contributed by atoms with Gasteiger partial charge in [-0.15, -0.1) is 11.3 Å². The summed E-state index contributed by atoms with van der Waals surface area (Å²) in [6, 6.07) is 13.8. The molecule has 2 amide bonds. The van der Waals surface area contributed by atoms with Gasteiger partial charge in [0, 0.05) is 23.0 Å². The molecule has 7 heteroatoms. The average molecular weight is 396 g/mol. The zero-order valence-corrected chi connectivity index (χ0v) is 16.6. The summed E-state index contributed by atoms with van der Waals surface area (Å²) in [5.74, 6) is 0.707. The second-order valence-electron chi connectivity index (χ2n) is 5.99. The minimum absolute atomic E-state index is 0.173. The molecule has 0 atom stereocenters. The molecule has 0 radical (unpaired) electrons. The summed E-state index contributed by atoms with van der Waals surface area (Å²) in [5, 5.41) is 7.53. The van der Waals surface area contributed by atoms with Crippen LogP contribution in [0.4, 0.5) is 11.4 Å². The average Bonchev–Trinajstić information content (AvgIpc) is 3.24. The monoisotopic (exact) mass is 396 g/mol. The Morgan fingerprint density at radius 2 is 1.57 bits per heavy atom. The lowest BCUT2D eigenvalue weighted by atomic mass is 10.1. The number of methoxy groups -OCH3 is 2. The van der Waals surface area contributed by atoms with Gasteiger partial charge in [0.25, 0.3) is 11.8 Å². The summed E-state index contributed by atoms with van der Waals surface area (Å²) >= 11 is 1.37. The van der Waals surface area contributed by atoms with E-state index >= 15 is 0 Å². The molecule has 2 N–H and O–H groups in total. The summed E-state index contributed by atoms with van der Waals surface area (Å²) in [5.41, 5.74) is 2.59. The maximum Gasteiger partial charge on any atom is 0.265 e. The standard InChI is InChI=1S/C21H20N2O4S/c1-13-11-17(26-2)18(27-3)12-16(13)23-20(24)14-6-8-15(9-7-14)22-21(25)19-5-4-10-28-19/h4-12H,1-3H3,(H,22,25)(H,23,24). The maximum absolute atomic E-state index is 12.6. The van der Waals surface area contributed by atoms with Gasteiger partial charge in [0.15, 0.2) is 11.5 Å². The van der Waals surface area contributed by atoms with Crippen molar-refractivity contribution in [1.29, 1.82) is 0 Å². The van der Waals surface area contributed by atoms with Gasteiger partial charge in [-0.05, 0) is 54.3 Å². The van der Waals surface area contributed by atoms with Gasteiger partial charge in [0.1, 0.15) is 0 Å². The molecule has 0 fully saturated rings. The second kappa shape index (κ2) is 8.58. The van der Waals surface area contributed by atoms with Gasteiger partial charge >= 0.3 is 0 Å². The van der Waals surface area contributed by atoms with Crippen molar-refractivity contribution >= 4 is 34.5 Å². The molecule has 3 rings (SSSR count). The van der Waals surface area contributed by atoms with Gasteiger partial charge in [-0.2, -0.15) is 0 Å². The SMILES string of the molecule is COc1cc(C)c(NC(=O)c2ccc(NC(=O)c3cccs3)cc2)cc1OC. The molecule has 0 spiro atoms. The second-order valence-corrected chi connectivity index (χ2v) is 6.93. The van der Waals surface area contributed by atoms with Gasteiger partial charge < -0.3 is 20.1 Å². The van der Waals surface area contributed by atoms with E-state index in [1.54, 1.807) is 56.7 Å². The van der Waals surface area contributed by atoms with E-state index in [1.165, 1.54) is 11.3 Å². The number of thiophene rings is 1. The topological polar surface area (TPSA) is 76.7 Å². The first kappa shape index (κ1) is 19.4. The van der Waals surface area contributed by atoms with Crippen LogP contribution in [0.25, 0.3) is 0 Å². The molecule has 1 aromatic heterocycles. The number of anilines is 2. The van der Waals surface area contributed by atoms with Crippen molar-refractivity contribution < 1.29 is 19.1 Å². The Labute approximate surface area is 167 Å². The van der Waals surface area contributed by atoms with E-state index in [2.05, 4.69) is 10.6 Å². The van der Waals surface area contributed by atoms with E-state index in [1.807, 2.05) is 18.4 Å². The van der Waals surface area contributed by atoms with E-state index in [0.717, 1.165) is 5.56 Å². The van der Waals surface area contributed by atoms with Crippen LogP contribution in [0.3, 0.4) is 0 Å². The molecule has 0 unspecified atom stereocenters. The van der Waals surface area contributed by atoms with Crippen LogP contribution in [0.1, 0.15) is 25.6 Å². The van der Waals surface area contributed by atoms with Gasteiger partial charge in [-0.3, -0.25) is 9.59 Å². The highest BCUT2D eigenvalue weighted by Crippen LogP contribution is 2.33. The molecule has 2 aromatic carbocycles. The van der Waals surface area contributed by atoms with Gasteiger partial charge in [-0.1, -0.05) is 6.07 Å². The molecule has 0 aliphatic heterocycles. The number of hydrogen-bond donors (Lipinski definition) is 2. The van der Waals surface area contributed by atoms with Crippen molar-refractivity contribution in [2.75, 3.05) is 24.9 Å². The first-order valence-corrected chi connectivity index (χ1v) is 9.38. The Balaban J connectivity index is 1.70. The molecule has 0 aliphatic carbocycles. The third kappa shape index (κ3) is 4.32. The minimum Gasteiger partial charge on any atom is -0.493 e. The Bertz CT molecular complexity index is 982. The van der Waals surface area contributed by atoms with Crippen molar-refractivity contribution in [2.24, 2.45) is 0 Å². The summed E-state index contributed by atoms with van der Waals surface area (Å²) < 4.78 is 10.5. The van der Waals surface area contributed by atoms with Crippen molar-refractivity contribution in [3.63, 3.8) is 0 Å². The van der Waals surface area contributed by atoms with Gasteiger partial charge in [-0.25, -0.2) is 0 Å². The number of hydrogen-bond acceptors (Lipinski definition) is 5. The van der Waals surface area contributed by atoms with Gasteiger partial charge in [0.2, 0.25) is 0 Å². The maximum atomic E-state index is 12.6. The molecule has 1 heterocycles. The zero-order valence-electron chi connectivity index (χ0n) is 15.7. The molecule has 28 heavy (non-hydrogen) atoms. The first-order valence-electron chi connectivity index (χ1n) is 8.50. The highest BCUT2D eigenvalue weighted by molar-refractivity contribution is 7.12. The predicted octanol–water partition coefficient (Wildman–Crippen LogP) is 4.58. The van der Waals surface area contributed by atoms with Crippen molar-refractivity contribution in [2.45, 2.75) is 6.92 Å². The minimum atomic E-state index is -0.258. The van der Waals surface area contributed by atoms with Crippen LogP contribution in [0.5, 0.6) is 11.5 Å². The molecule has 0 saturated carbocycles. The van der Waals surface area contributed by atoms with Crippen molar-refractivity contribution in [3.05, 3.63) is 69.9 Å². The van der Waals surface area contributed by atoms with Crippen molar-refractivity contribution in [1.82, 2.24) is 0 Å². The highest BCUT2D eigenvalue weighted by atomic mass is 32.1. The molecule has 144 valence electrons. The van der Waals surface area contributed by atoms with Crippen LogP contribution >= 0.6 is 11.3 Å². The summed E-state index contributed by atoms with van der Waals surface area (Å²) in [7, 11) is 3.11. The Morgan fingerprint density at radius 1 is 0.893 bits per heavy atom. The van der Waals surface area contributed by atoms with E-state index in [-0.39, 0.29) is 11.8 Å². The Kier molecular flexibility index (Phi) is 5.96. The fourth-order valence-corrected chi connectivity index (χ4v) is 3.23. The predicted molar refractivity (Wildman–Crippen MR) is 111 cm³/mol. The van der Waals surface area contributed by atoms with Gasteiger partial charge in [0.05, 0.1) is 19.1 Å². The normalized spacial score (nSPS) is 10.2. The fraction of sp³-hybridized carbons (Fsp3) is 0.143. The van der Waals surface area contributed by atoms with Crippen molar-refractivity contribution in [3.8, 4) is 11.5 Å². The largest absolute Gasteiger partial charge is 0.493 e. The zero-order chi connectivity index (χ0) is 20.1. The Hall–Kier alpha value is -3.32. The smallest absolute Gasteiger partial charge is 0.265 e. The van der Waals surface area contributed by atoms with E-state index < -0.39 is 0 Å². The van der Waals surface area contributed by atoms with Crippen LogP contribution in [-0.4, -0.2) is 26.0 Å². The van der Waals surface area contributed by atoms with E-state index in [0.29, 0.717) is 33.3 Å². The van der Waals surface area contributed by atoms with Crippen LogP contribution in [-0.2, 0) is 0 Å².